The monoisotopic (exact) mass is 245 g/mol. The van der Waals surface area contributed by atoms with Gasteiger partial charge < -0.3 is 5.11 Å². The molecule has 0 aromatic heterocycles. The van der Waals surface area contributed by atoms with Crippen LogP contribution in [-0.4, -0.2) is 35.7 Å². The van der Waals surface area contributed by atoms with Crippen molar-refractivity contribution in [3.63, 3.8) is 0 Å². The van der Waals surface area contributed by atoms with E-state index < -0.39 is 5.60 Å². The fourth-order valence-electron chi connectivity index (χ4n) is 2.69. The van der Waals surface area contributed by atoms with Gasteiger partial charge in [0.1, 0.15) is 0 Å². The minimum absolute atomic E-state index is 0.435. The first-order chi connectivity index (χ1) is 8.68. The minimum Gasteiger partial charge on any atom is -0.389 e. The topological polar surface area (TPSA) is 23.5 Å². The van der Waals surface area contributed by atoms with Gasteiger partial charge in [0, 0.05) is 13.1 Å². The van der Waals surface area contributed by atoms with Crippen molar-refractivity contribution in [1.29, 1.82) is 0 Å². The van der Waals surface area contributed by atoms with Crippen LogP contribution in [0.3, 0.4) is 0 Å². The molecule has 1 aromatic carbocycles. The Bertz CT molecular complexity index is 379. The number of nitrogens with zero attached hydrogens (tertiary/aromatic N) is 1. The number of hydrogen-bond acceptors (Lipinski definition) is 2. The van der Waals surface area contributed by atoms with Gasteiger partial charge in [-0.15, -0.1) is 0 Å². The molecule has 1 N–H and O–H groups in total. The summed E-state index contributed by atoms with van der Waals surface area (Å²) in [5.74, 6) is 0. The van der Waals surface area contributed by atoms with E-state index in [9.17, 15) is 5.11 Å². The molecule has 0 heterocycles. The highest BCUT2D eigenvalue weighted by Gasteiger charge is 2.31. The van der Waals surface area contributed by atoms with Gasteiger partial charge in [-0.3, -0.25) is 4.90 Å². The summed E-state index contributed by atoms with van der Waals surface area (Å²) in [5, 5.41) is 10.3. The van der Waals surface area contributed by atoms with Crippen molar-refractivity contribution < 1.29 is 5.11 Å². The summed E-state index contributed by atoms with van der Waals surface area (Å²) in [4.78, 5) is 2.20. The zero-order valence-corrected chi connectivity index (χ0v) is 11.2. The standard InChI is InChI=1S/C16H23NO/c1-17(14-16(18)11-5-6-12-16)13-7-10-15-8-3-2-4-9-15/h2-4,7-10,18H,5-6,11-14H2,1H3/b10-7+. The summed E-state index contributed by atoms with van der Waals surface area (Å²) >= 11 is 0. The largest absolute Gasteiger partial charge is 0.389 e. The highest BCUT2D eigenvalue weighted by atomic mass is 16.3. The van der Waals surface area contributed by atoms with E-state index in [-0.39, 0.29) is 0 Å². The third-order valence-electron chi connectivity index (χ3n) is 3.63. The molecule has 1 aliphatic carbocycles. The first kappa shape index (κ1) is 13.3. The molecule has 0 unspecified atom stereocenters. The molecule has 1 fully saturated rings. The molecule has 0 aliphatic heterocycles. The Balaban J connectivity index is 1.78. The maximum Gasteiger partial charge on any atom is 0.0774 e. The van der Waals surface area contributed by atoms with Gasteiger partial charge in [0.25, 0.3) is 0 Å². The van der Waals surface area contributed by atoms with Crippen molar-refractivity contribution in [2.24, 2.45) is 0 Å². The summed E-state index contributed by atoms with van der Waals surface area (Å²) in [6.45, 7) is 1.67. The van der Waals surface area contributed by atoms with Crippen LogP contribution in [0, 0.1) is 0 Å². The highest BCUT2D eigenvalue weighted by Crippen LogP contribution is 2.29. The molecule has 2 heteroatoms. The van der Waals surface area contributed by atoms with Gasteiger partial charge in [-0.2, -0.15) is 0 Å². The molecule has 1 aliphatic rings. The quantitative estimate of drug-likeness (QED) is 0.862. The van der Waals surface area contributed by atoms with Crippen molar-refractivity contribution in [1.82, 2.24) is 4.90 Å². The summed E-state index contributed by atoms with van der Waals surface area (Å²) in [5.41, 5.74) is 0.792. The van der Waals surface area contributed by atoms with Crippen molar-refractivity contribution in [2.45, 2.75) is 31.3 Å². The van der Waals surface area contributed by atoms with Crippen LogP contribution >= 0.6 is 0 Å². The van der Waals surface area contributed by atoms with E-state index in [1.807, 2.05) is 18.2 Å². The molecule has 0 bridgehead atoms. The van der Waals surface area contributed by atoms with Gasteiger partial charge >= 0.3 is 0 Å². The van der Waals surface area contributed by atoms with Crippen molar-refractivity contribution >= 4 is 6.08 Å². The lowest BCUT2D eigenvalue weighted by Gasteiger charge is -2.27. The van der Waals surface area contributed by atoms with Crippen molar-refractivity contribution in [2.75, 3.05) is 20.1 Å². The van der Waals surface area contributed by atoms with Gasteiger partial charge in [0.15, 0.2) is 0 Å². The predicted octanol–water partition coefficient (Wildman–Crippen LogP) is 2.94. The lowest BCUT2D eigenvalue weighted by molar-refractivity contribution is 0.0192. The van der Waals surface area contributed by atoms with E-state index in [2.05, 4.69) is 36.2 Å². The zero-order valence-electron chi connectivity index (χ0n) is 11.2. The Labute approximate surface area is 110 Å². The summed E-state index contributed by atoms with van der Waals surface area (Å²) in [7, 11) is 2.08. The molecule has 0 radical (unpaired) electrons. The van der Waals surface area contributed by atoms with Gasteiger partial charge in [-0.25, -0.2) is 0 Å². The van der Waals surface area contributed by atoms with Crippen LogP contribution in [0.4, 0.5) is 0 Å². The second kappa shape index (κ2) is 6.17. The molecule has 98 valence electrons. The smallest absolute Gasteiger partial charge is 0.0774 e. The number of aliphatic hydroxyl groups is 1. The highest BCUT2D eigenvalue weighted by molar-refractivity contribution is 5.48. The molecule has 2 nitrogen and oxygen atoms in total. The van der Waals surface area contributed by atoms with E-state index in [4.69, 9.17) is 0 Å². The predicted molar refractivity (Wildman–Crippen MR) is 76.4 cm³/mol. The number of rotatable bonds is 5. The van der Waals surface area contributed by atoms with Crippen molar-refractivity contribution in [3.8, 4) is 0 Å². The third kappa shape index (κ3) is 3.97. The molecular formula is C16H23NO. The first-order valence-electron chi connectivity index (χ1n) is 6.80. The van der Waals surface area contributed by atoms with Crippen LogP contribution in [0.25, 0.3) is 6.08 Å². The van der Waals surface area contributed by atoms with Crippen LogP contribution in [-0.2, 0) is 0 Å². The molecule has 2 rings (SSSR count). The second-order valence-electron chi connectivity index (χ2n) is 5.44. The normalized spacial score (nSPS) is 18.8. The SMILES string of the molecule is CN(C/C=C/c1ccccc1)CC1(O)CCCC1. The second-order valence-corrected chi connectivity index (χ2v) is 5.44. The lowest BCUT2D eigenvalue weighted by Crippen LogP contribution is -2.39. The molecular weight excluding hydrogens is 222 g/mol. The van der Waals surface area contributed by atoms with Crippen LogP contribution in [0.15, 0.2) is 36.4 Å². The Morgan fingerprint density at radius 2 is 1.89 bits per heavy atom. The Morgan fingerprint density at radius 1 is 1.22 bits per heavy atom. The maximum absolute atomic E-state index is 10.3. The molecule has 0 saturated heterocycles. The minimum atomic E-state index is -0.435. The molecule has 0 amide bonds. The van der Waals surface area contributed by atoms with E-state index >= 15 is 0 Å². The van der Waals surface area contributed by atoms with Gasteiger partial charge in [-0.1, -0.05) is 55.3 Å². The van der Waals surface area contributed by atoms with E-state index in [1.54, 1.807) is 0 Å². The van der Waals surface area contributed by atoms with Crippen LogP contribution in [0.1, 0.15) is 31.2 Å². The summed E-state index contributed by atoms with van der Waals surface area (Å²) < 4.78 is 0. The lowest BCUT2D eigenvalue weighted by atomic mass is 10.0. The fourth-order valence-corrected chi connectivity index (χ4v) is 2.69. The number of benzene rings is 1. The average molecular weight is 245 g/mol. The summed E-state index contributed by atoms with van der Waals surface area (Å²) in [6, 6.07) is 10.3. The average Bonchev–Trinajstić information content (AvgIpc) is 2.77. The van der Waals surface area contributed by atoms with Gasteiger partial charge in [0.2, 0.25) is 0 Å². The van der Waals surface area contributed by atoms with Gasteiger partial charge in [-0.05, 0) is 25.5 Å². The molecule has 0 spiro atoms. The van der Waals surface area contributed by atoms with E-state index in [0.29, 0.717) is 0 Å². The van der Waals surface area contributed by atoms with Gasteiger partial charge in [0.05, 0.1) is 5.60 Å². The maximum atomic E-state index is 10.3. The molecule has 18 heavy (non-hydrogen) atoms. The van der Waals surface area contributed by atoms with E-state index in [0.717, 1.165) is 25.9 Å². The first-order valence-corrected chi connectivity index (χ1v) is 6.80. The summed E-state index contributed by atoms with van der Waals surface area (Å²) in [6.07, 6.45) is 8.55. The van der Waals surface area contributed by atoms with Crippen LogP contribution in [0.5, 0.6) is 0 Å². The molecule has 0 atom stereocenters. The molecule has 1 aromatic rings. The van der Waals surface area contributed by atoms with Crippen LogP contribution < -0.4 is 0 Å². The third-order valence-corrected chi connectivity index (χ3v) is 3.63. The van der Waals surface area contributed by atoms with Crippen LogP contribution in [0.2, 0.25) is 0 Å². The zero-order chi connectivity index (χ0) is 12.8. The Hall–Kier alpha value is -1.12. The molecule has 1 saturated carbocycles. The van der Waals surface area contributed by atoms with E-state index in [1.165, 1.54) is 18.4 Å². The Morgan fingerprint density at radius 3 is 2.56 bits per heavy atom. The Kier molecular flexibility index (Phi) is 4.56. The number of hydrogen-bond donors (Lipinski definition) is 1. The number of likely N-dealkylation sites (N-methyl/N-ethyl adjacent to an activating group) is 1. The fraction of sp³-hybridized carbons (Fsp3) is 0.500. The van der Waals surface area contributed by atoms with Crippen molar-refractivity contribution in [3.05, 3.63) is 42.0 Å².